The van der Waals surface area contributed by atoms with E-state index in [0.29, 0.717) is 17.5 Å². The molecule has 286 valence electrons. The fraction of sp³-hybridized carbons (Fsp3) is 0. The summed E-state index contributed by atoms with van der Waals surface area (Å²) in [4.78, 5) is 15.0. The Balaban J connectivity index is 1.10. The summed E-state index contributed by atoms with van der Waals surface area (Å²) in [5.41, 5.74) is 5.08. The number of benzene rings is 10. The second kappa shape index (κ2) is 15.4. The Morgan fingerprint density at radius 1 is 0.213 bits per heavy atom. The molecule has 0 aliphatic carbocycles. The molecule has 10 aromatic carbocycles. The number of fused-ring (bicyclic) bond motifs is 6. The van der Waals surface area contributed by atoms with E-state index in [2.05, 4.69) is 176 Å². The average Bonchev–Trinajstić information content (AvgIpc) is 3.35. The third-order valence-corrected chi connectivity index (χ3v) is 16.8. The molecule has 0 saturated heterocycles. The summed E-state index contributed by atoms with van der Waals surface area (Å²) in [6, 6.07) is 85.5. The summed E-state index contributed by atoms with van der Waals surface area (Å²) < 4.78 is 0. The van der Waals surface area contributed by atoms with Crippen molar-refractivity contribution in [3.63, 3.8) is 0 Å². The predicted molar refractivity (Wildman–Crippen MR) is 258 cm³/mol. The summed E-state index contributed by atoms with van der Waals surface area (Å²) in [5, 5.41) is 12.9. The minimum absolute atomic E-state index is 0.641. The standard InChI is InChI=1S/C57H39N3Si/c1-6-19-40(20-7-1)55-58-56(41-21-8-2-9-22-41)60-57(59-55)44-24-18-23-42(37-44)43-33-35-51-49-31-16-17-32-50(49)54-39-48(34-36-52(54)53(51)38-43)61(45-25-10-3-11-26-45,46-27-12-4-13-28-46)47-29-14-5-15-30-47/h1-39H. The first-order valence-corrected chi connectivity index (χ1v) is 22.8. The molecular weight excluding hydrogens is 755 g/mol. The largest absolute Gasteiger partial charge is 0.208 e. The predicted octanol–water partition coefficient (Wildman–Crippen LogP) is 11.4. The van der Waals surface area contributed by atoms with Gasteiger partial charge in [-0.2, -0.15) is 0 Å². The molecule has 0 fully saturated rings. The van der Waals surface area contributed by atoms with E-state index in [1.165, 1.54) is 53.1 Å². The van der Waals surface area contributed by atoms with Gasteiger partial charge in [0.25, 0.3) is 0 Å². The Labute approximate surface area is 356 Å². The Hall–Kier alpha value is -7.79. The van der Waals surface area contributed by atoms with Crippen LogP contribution in [0.3, 0.4) is 0 Å². The first kappa shape index (κ1) is 36.3. The normalized spacial score (nSPS) is 11.6. The van der Waals surface area contributed by atoms with Crippen LogP contribution in [0.4, 0.5) is 0 Å². The van der Waals surface area contributed by atoms with E-state index in [9.17, 15) is 0 Å². The molecule has 0 spiro atoms. The highest BCUT2D eigenvalue weighted by Crippen LogP contribution is 2.38. The zero-order chi connectivity index (χ0) is 40.6. The lowest BCUT2D eigenvalue weighted by molar-refractivity contribution is 1.07. The van der Waals surface area contributed by atoms with Crippen molar-refractivity contribution in [3.05, 3.63) is 237 Å². The Morgan fingerprint density at radius 2 is 0.574 bits per heavy atom. The third kappa shape index (κ3) is 6.42. The quantitative estimate of drug-likeness (QED) is 0.0874. The van der Waals surface area contributed by atoms with Gasteiger partial charge in [-0.3, -0.25) is 0 Å². The Morgan fingerprint density at radius 3 is 1.11 bits per heavy atom. The number of rotatable bonds is 8. The van der Waals surface area contributed by atoms with Gasteiger partial charge >= 0.3 is 0 Å². The summed E-state index contributed by atoms with van der Waals surface area (Å²) in [6.07, 6.45) is 0. The Bertz CT molecular complexity index is 3180. The molecule has 1 heterocycles. The van der Waals surface area contributed by atoms with Crippen molar-refractivity contribution in [2.45, 2.75) is 0 Å². The van der Waals surface area contributed by atoms with Crippen molar-refractivity contribution >= 4 is 61.1 Å². The molecule has 61 heavy (non-hydrogen) atoms. The highest BCUT2D eigenvalue weighted by Gasteiger charge is 2.41. The summed E-state index contributed by atoms with van der Waals surface area (Å²) in [5.74, 6) is 1.94. The van der Waals surface area contributed by atoms with E-state index in [1.807, 2.05) is 60.7 Å². The molecule has 11 rings (SSSR count). The fourth-order valence-corrected chi connectivity index (χ4v) is 14.0. The molecule has 0 saturated carbocycles. The van der Waals surface area contributed by atoms with Crippen LogP contribution < -0.4 is 20.7 Å². The van der Waals surface area contributed by atoms with Gasteiger partial charge in [0.15, 0.2) is 25.5 Å². The second-order valence-corrected chi connectivity index (χ2v) is 19.3. The molecule has 0 bridgehead atoms. The molecule has 0 radical (unpaired) electrons. The van der Waals surface area contributed by atoms with Crippen molar-refractivity contribution in [3.8, 4) is 45.3 Å². The maximum absolute atomic E-state index is 5.03. The molecule has 0 amide bonds. The highest BCUT2D eigenvalue weighted by atomic mass is 28.3. The van der Waals surface area contributed by atoms with E-state index in [1.54, 1.807) is 0 Å². The molecule has 0 aliphatic rings. The van der Waals surface area contributed by atoms with Gasteiger partial charge in [-0.15, -0.1) is 0 Å². The lowest BCUT2D eigenvalue weighted by Gasteiger charge is -2.34. The van der Waals surface area contributed by atoms with Crippen LogP contribution in [0.1, 0.15) is 0 Å². The maximum atomic E-state index is 5.03. The molecule has 0 aliphatic heterocycles. The maximum Gasteiger partial charge on any atom is 0.179 e. The van der Waals surface area contributed by atoms with E-state index in [4.69, 9.17) is 15.0 Å². The van der Waals surface area contributed by atoms with Gasteiger partial charge in [-0.1, -0.05) is 224 Å². The van der Waals surface area contributed by atoms with Crippen molar-refractivity contribution in [2.24, 2.45) is 0 Å². The molecule has 3 nitrogen and oxygen atoms in total. The lowest BCUT2D eigenvalue weighted by atomic mass is 9.92. The monoisotopic (exact) mass is 793 g/mol. The van der Waals surface area contributed by atoms with Gasteiger partial charge in [0, 0.05) is 16.7 Å². The van der Waals surface area contributed by atoms with Gasteiger partial charge in [0.05, 0.1) is 0 Å². The Kier molecular flexibility index (Phi) is 9.18. The minimum atomic E-state index is -2.74. The van der Waals surface area contributed by atoms with Crippen LogP contribution >= 0.6 is 0 Å². The number of aromatic nitrogens is 3. The van der Waals surface area contributed by atoms with Crippen LogP contribution in [0.15, 0.2) is 237 Å². The van der Waals surface area contributed by atoms with Gasteiger partial charge in [0.2, 0.25) is 0 Å². The first-order valence-electron chi connectivity index (χ1n) is 20.8. The van der Waals surface area contributed by atoms with Crippen molar-refractivity contribution < 1.29 is 0 Å². The van der Waals surface area contributed by atoms with Crippen molar-refractivity contribution in [2.75, 3.05) is 0 Å². The third-order valence-electron chi connectivity index (χ3n) is 12.0. The molecule has 0 N–H and O–H groups in total. The smallest absolute Gasteiger partial charge is 0.179 e. The number of hydrogen-bond donors (Lipinski definition) is 0. The van der Waals surface area contributed by atoms with Crippen LogP contribution in [0.2, 0.25) is 0 Å². The average molecular weight is 794 g/mol. The van der Waals surface area contributed by atoms with Gasteiger partial charge in [-0.25, -0.2) is 15.0 Å². The second-order valence-electron chi connectivity index (χ2n) is 15.5. The zero-order valence-electron chi connectivity index (χ0n) is 33.4. The molecular formula is C57H39N3Si. The van der Waals surface area contributed by atoms with Crippen molar-refractivity contribution in [1.82, 2.24) is 15.0 Å². The van der Waals surface area contributed by atoms with Crippen LogP contribution in [0, 0.1) is 0 Å². The van der Waals surface area contributed by atoms with Crippen LogP contribution in [-0.2, 0) is 0 Å². The summed E-state index contributed by atoms with van der Waals surface area (Å²) in [6.45, 7) is 0. The van der Waals surface area contributed by atoms with Crippen LogP contribution in [0.5, 0.6) is 0 Å². The van der Waals surface area contributed by atoms with Crippen molar-refractivity contribution in [1.29, 1.82) is 0 Å². The van der Waals surface area contributed by atoms with Gasteiger partial charge < -0.3 is 0 Å². The number of nitrogens with zero attached hydrogens (tertiary/aromatic N) is 3. The molecule has 0 unspecified atom stereocenters. The van der Waals surface area contributed by atoms with E-state index in [0.717, 1.165) is 27.8 Å². The van der Waals surface area contributed by atoms with Gasteiger partial charge in [0.1, 0.15) is 0 Å². The minimum Gasteiger partial charge on any atom is -0.208 e. The fourth-order valence-electron chi connectivity index (χ4n) is 9.21. The van der Waals surface area contributed by atoms with E-state index < -0.39 is 8.07 Å². The highest BCUT2D eigenvalue weighted by molar-refractivity contribution is 7.20. The molecule has 1 aromatic heterocycles. The molecule has 0 atom stereocenters. The summed E-state index contributed by atoms with van der Waals surface area (Å²) >= 11 is 0. The van der Waals surface area contributed by atoms with E-state index in [-0.39, 0.29) is 0 Å². The van der Waals surface area contributed by atoms with E-state index >= 15 is 0 Å². The zero-order valence-corrected chi connectivity index (χ0v) is 34.4. The molecule has 11 aromatic rings. The SMILES string of the molecule is c1ccc(-c2nc(-c3ccccc3)nc(-c3cccc(-c4ccc5c6ccccc6c6cc([Si](c7ccccc7)(c7ccccc7)c7ccccc7)ccc6c5c4)c3)n2)cc1. The number of hydrogen-bond acceptors (Lipinski definition) is 3. The van der Waals surface area contributed by atoms with Gasteiger partial charge in [-0.05, 0) is 76.3 Å². The first-order chi connectivity index (χ1) is 30.2. The van der Waals surface area contributed by atoms with Crippen LogP contribution in [-0.4, -0.2) is 23.0 Å². The lowest BCUT2D eigenvalue weighted by Crippen LogP contribution is -2.74. The van der Waals surface area contributed by atoms with Crippen LogP contribution in [0.25, 0.3) is 77.6 Å². The summed E-state index contributed by atoms with van der Waals surface area (Å²) in [7, 11) is -2.74. The molecule has 4 heteroatoms. The topological polar surface area (TPSA) is 38.7 Å².